The largest absolute Gasteiger partial charge is 0.477 e. The van der Waals surface area contributed by atoms with Crippen LogP contribution in [0.2, 0.25) is 0 Å². The first kappa shape index (κ1) is 17.8. The van der Waals surface area contributed by atoms with Gasteiger partial charge in [-0.1, -0.05) is 0 Å². The zero-order chi connectivity index (χ0) is 17.5. The molecule has 25 heavy (non-hydrogen) atoms. The van der Waals surface area contributed by atoms with Gasteiger partial charge < -0.3 is 15.0 Å². The lowest BCUT2D eigenvalue weighted by atomic mass is 10.4. The molecule has 2 aromatic rings. The van der Waals surface area contributed by atoms with Gasteiger partial charge in [-0.15, -0.1) is 11.3 Å². The minimum atomic E-state index is -0.133. The number of amides is 1. The Morgan fingerprint density at radius 1 is 1.32 bits per heavy atom. The molecule has 1 aliphatic heterocycles. The molecule has 134 valence electrons. The number of nitrogens with zero attached hydrogens (tertiary/aromatic N) is 4. The van der Waals surface area contributed by atoms with Crippen molar-refractivity contribution in [2.24, 2.45) is 0 Å². The third kappa shape index (κ3) is 4.96. The Labute approximate surface area is 151 Å². The van der Waals surface area contributed by atoms with Crippen LogP contribution in [0.5, 0.6) is 5.88 Å². The van der Waals surface area contributed by atoms with E-state index in [0.29, 0.717) is 29.7 Å². The Morgan fingerprint density at radius 2 is 2.16 bits per heavy atom. The highest BCUT2D eigenvalue weighted by Gasteiger charge is 2.14. The first-order chi connectivity index (χ1) is 12.3. The van der Waals surface area contributed by atoms with E-state index >= 15 is 0 Å². The van der Waals surface area contributed by atoms with Gasteiger partial charge in [0.05, 0.1) is 23.9 Å². The lowest BCUT2D eigenvalue weighted by Crippen LogP contribution is -2.28. The van der Waals surface area contributed by atoms with Gasteiger partial charge in [0.25, 0.3) is 5.91 Å². The summed E-state index contributed by atoms with van der Waals surface area (Å²) in [4.78, 5) is 28.2. The van der Waals surface area contributed by atoms with E-state index in [1.54, 1.807) is 18.6 Å². The lowest BCUT2D eigenvalue weighted by Gasteiger charge is -2.13. The molecule has 3 heterocycles. The second-order valence-corrected chi connectivity index (χ2v) is 6.89. The summed E-state index contributed by atoms with van der Waals surface area (Å²) >= 11 is 1.31. The van der Waals surface area contributed by atoms with Crippen molar-refractivity contribution < 1.29 is 9.53 Å². The van der Waals surface area contributed by atoms with Crippen LogP contribution in [-0.4, -0.2) is 58.5 Å². The molecule has 2 aromatic heterocycles. The molecule has 1 N–H and O–H groups in total. The Balaban J connectivity index is 1.51. The van der Waals surface area contributed by atoms with Crippen LogP contribution in [0.25, 0.3) is 10.6 Å². The van der Waals surface area contributed by atoms with E-state index in [-0.39, 0.29) is 5.91 Å². The topological polar surface area (TPSA) is 80.2 Å². The molecule has 0 saturated carbocycles. The Bertz CT molecular complexity index is 700. The number of carbonyl (C=O) groups is 1. The van der Waals surface area contributed by atoms with Crippen molar-refractivity contribution in [3.63, 3.8) is 0 Å². The molecular formula is C17H23N5O2S. The van der Waals surface area contributed by atoms with E-state index in [0.717, 1.165) is 17.8 Å². The van der Waals surface area contributed by atoms with E-state index in [1.165, 1.54) is 37.3 Å². The van der Waals surface area contributed by atoms with Gasteiger partial charge in [-0.3, -0.25) is 9.78 Å². The van der Waals surface area contributed by atoms with E-state index in [2.05, 4.69) is 25.2 Å². The third-order valence-corrected chi connectivity index (χ3v) is 5.01. The molecule has 0 aromatic carbocycles. The number of hydrogen-bond donors (Lipinski definition) is 1. The summed E-state index contributed by atoms with van der Waals surface area (Å²) in [6.45, 7) is 6.52. The number of thiazole rings is 1. The third-order valence-electron chi connectivity index (χ3n) is 3.99. The van der Waals surface area contributed by atoms with Crippen LogP contribution in [0.4, 0.5) is 0 Å². The standard InChI is InChI=1S/C17H23N5O2S/c1-2-24-15-12-18-10-13(21-15)14-11-20-17(25-14)16(23)19-6-5-9-22-7-3-4-8-22/h10-12H,2-9H2,1H3,(H,19,23). The molecule has 0 aliphatic carbocycles. The summed E-state index contributed by atoms with van der Waals surface area (Å²) in [7, 11) is 0. The van der Waals surface area contributed by atoms with Gasteiger partial charge in [-0.25, -0.2) is 9.97 Å². The number of rotatable bonds is 8. The summed E-state index contributed by atoms with van der Waals surface area (Å²) in [5.41, 5.74) is 0.663. The van der Waals surface area contributed by atoms with Gasteiger partial charge in [-0.05, 0) is 45.8 Å². The van der Waals surface area contributed by atoms with Crippen molar-refractivity contribution in [3.8, 4) is 16.5 Å². The fourth-order valence-electron chi connectivity index (χ4n) is 2.77. The summed E-state index contributed by atoms with van der Waals surface area (Å²) in [5.74, 6) is 0.341. The fourth-order valence-corrected chi connectivity index (χ4v) is 3.56. The van der Waals surface area contributed by atoms with Crippen LogP contribution < -0.4 is 10.1 Å². The van der Waals surface area contributed by atoms with Crippen molar-refractivity contribution in [2.75, 3.05) is 32.8 Å². The fraction of sp³-hybridized carbons (Fsp3) is 0.529. The van der Waals surface area contributed by atoms with Gasteiger partial charge >= 0.3 is 0 Å². The van der Waals surface area contributed by atoms with Crippen LogP contribution in [0.15, 0.2) is 18.6 Å². The van der Waals surface area contributed by atoms with Crippen LogP contribution in [-0.2, 0) is 0 Å². The number of carbonyl (C=O) groups excluding carboxylic acids is 1. The lowest BCUT2D eigenvalue weighted by molar-refractivity contribution is 0.0951. The van der Waals surface area contributed by atoms with Crippen LogP contribution in [0.3, 0.4) is 0 Å². The molecule has 7 nitrogen and oxygen atoms in total. The minimum absolute atomic E-state index is 0.133. The van der Waals surface area contributed by atoms with Gasteiger partial charge in [-0.2, -0.15) is 0 Å². The predicted molar refractivity (Wildman–Crippen MR) is 96.9 cm³/mol. The van der Waals surface area contributed by atoms with Gasteiger partial charge in [0.1, 0.15) is 5.69 Å². The van der Waals surface area contributed by atoms with Crippen molar-refractivity contribution in [1.82, 2.24) is 25.2 Å². The molecule has 1 fully saturated rings. The highest BCUT2D eigenvalue weighted by atomic mass is 32.1. The van der Waals surface area contributed by atoms with E-state index in [1.807, 2.05) is 6.92 Å². The minimum Gasteiger partial charge on any atom is -0.477 e. The number of likely N-dealkylation sites (tertiary alicyclic amines) is 1. The number of hydrogen-bond acceptors (Lipinski definition) is 7. The summed E-state index contributed by atoms with van der Waals surface area (Å²) in [6.07, 6.45) is 8.43. The molecular weight excluding hydrogens is 338 g/mol. The quantitative estimate of drug-likeness (QED) is 0.726. The van der Waals surface area contributed by atoms with Crippen molar-refractivity contribution in [2.45, 2.75) is 26.2 Å². The maximum absolute atomic E-state index is 12.2. The number of aromatic nitrogens is 3. The predicted octanol–water partition coefficient (Wildman–Crippen LogP) is 2.21. The molecule has 0 radical (unpaired) electrons. The maximum Gasteiger partial charge on any atom is 0.280 e. The van der Waals surface area contributed by atoms with Crippen molar-refractivity contribution >= 4 is 17.2 Å². The van der Waals surface area contributed by atoms with Crippen LogP contribution >= 0.6 is 11.3 Å². The molecule has 8 heteroatoms. The van der Waals surface area contributed by atoms with E-state index < -0.39 is 0 Å². The summed E-state index contributed by atoms with van der Waals surface area (Å²) < 4.78 is 5.36. The first-order valence-electron chi connectivity index (χ1n) is 8.68. The van der Waals surface area contributed by atoms with Crippen molar-refractivity contribution in [1.29, 1.82) is 0 Å². The van der Waals surface area contributed by atoms with Crippen LogP contribution in [0.1, 0.15) is 36.0 Å². The molecule has 0 atom stereocenters. The SMILES string of the molecule is CCOc1cncc(-c2cnc(C(=O)NCCCN3CCCC3)s2)n1. The molecule has 0 unspecified atom stereocenters. The Kier molecular flexibility index (Phi) is 6.30. The van der Waals surface area contributed by atoms with Gasteiger partial charge in [0.2, 0.25) is 5.88 Å². The molecule has 1 saturated heterocycles. The number of nitrogens with one attached hydrogen (secondary N) is 1. The second-order valence-electron chi connectivity index (χ2n) is 5.86. The molecule has 1 aliphatic rings. The molecule has 0 bridgehead atoms. The smallest absolute Gasteiger partial charge is 0.280 e. The zero-order valence-electron chi connectivity index (χ0n) is 14.4. The second kappa shape index (κ2) is 8.87. The molecule has 1 amide bonds. The molecule has 0 spiro atoms. The van der Waals surface area contributed by atoms with Crippen LogP contribution in [0, 0.1) is 0 Å². The maximum atomic E-state index is 12.2. The summed E-state index contributed by atoms with van der Waals surface area (Å²) in [6, 6.07) is 0. The highest BCUT2D eigenvalue weighted by molar-refractivity contribution is 7.16. The van der Waals surface area contributed by atoms with Crippen molar-refractivity contribution in [3.05, 3.63) is 23.6 Å². The zero-order valence-corrected chi connectivity index (χ0v) is 15.2. The van der Waals surface area contributed by atoms with E-state index in [4.69, 9.17) is 4.74 Å². The summed E-state index contributed by atoms with van der Waals surface area (Å²) in [5, 5.41) is 3.39. The monoisotopic (exact) mass is 361 g/mol. The van der Waals surface area contributed by atoms with Gasteiger partial charge in [0.15, 0.2) is 5.01 Å². The Morgan fingerprint density at radius 3 is 2.96 bits per heavy atom. The normalized spacial score (nSPS) is 14.6. The first-order valence-corrected chi connectivity index (χ1v) is 9.49. The Hall–Kier alpha value is -2.06. The van der Waals surface area contributed by atoms with Gasteiger partial charge in [0, 0.05) is 12.7 Å². The van der Waals surface area contributed by atoms with E-state index in [9.17, 15) is 4.79 Å². The average Bonchev–Trinajstić information content (AvgIpc) is 3.31. The number of ether oxygens (including phenoxy) is 1. The average molecular weight is 361 g/mol. The molecule has 3 rings (SSSR count). The highest BCUT2D eigenvalue weighted by Crippen LogP contribution is 2.25.